The fraction of sp³-hybridized carbons (Fsp3) is 0.529. The van der Waals surface area contributed by atoms with Gasteiger partial charge in [0.15, 0.2) is 11.5 Å². The van der Waals surface area contributed by atoms with E-state index in [0.717, 1.165) is 30.9 Å². The molecule has 1 atom stereocenters. The number of aliphatic hydroxyl groups is 1. The second-order valence-electron chi connectivity index (χ2n) is 5.45. The maximum Gasteiger partial charge on any atom is 0.161 e. The summed E-state index contributed by atoms with van der Waals surface area (Å²) < 4.78 is 10.8. The maximum atomic E-state index is 9.35. The number of allylic oxidation sites excluding steroid dienone is 1. The molecule has 0 saturated carbocycles. The molecule has 4 heteroatoms. The third-order valence-electron chi connectivity index (χ3n) is 4.60. The van der Waals surface area contributed by atoms with E-state index in [9.17, 15) is 5.11 Å². The summed E-state index contributed by atoms with van der Waals surface area (Å²) in [4.78, 5) is 2.23. The molecule has 0 spiro atoms. The number of likely N-dealkylation sites (N-methyl/N-ethyl adjacent to an activating group) is 1. The summed E-state index contributed by atoms with van der Waals surface area (Å²) in [6.07, 6.45) is 3.95. The molecule has 1 aromatic rings. The lowest BCUT2D eigenvalue weighted by molar-refractivity contribution is 0.333. The summed E-state index contributed by atoms with van der Waals surface area (Å²) in [6, 6.07) is 6.13. The molecule has 0 unspecified atom stereocenters. The lowest BCUT2D eigenvalue weighted by atomic mass is 9.74. The van der Waals surface area contributed by atoms with Crippen LogP contribution in [0, 0.1) is 0 Å². The van der Waals surface area contributed by atoms with Crippen LogP contribution in [0.25, 0.3) is 0 Å². The van der Waals surface area contributed by atoms with Crippen molar-refractivity contribution in [1.82, 2.24) is 4.90 Å². The van der Waals surface area contributed by atoms with Crippen LogP contribution in [0.5, 0.6) is 11.5 Å². The lowest BCUT2D eigenvalue weighted by Crippen LogP contribution is -2.27. The van der Waals surface area contributed by atoms with E-state index in [-0.39, 0.29) is 12.0 Å². The van der Waals surface area contributed by atoms with Gasteiger partial charge in [0.05, 0.1) is 20.8 Å². The smallest absolute Gasteiger partial charge is 0.161 e. The minimum absolute atomic E-state index is 0.0585. The fourth-order valence-electron chi connectivity index (χ4n) is 3.40. The Morgan fingerprint density at radius 2 is 2.00 bits per heavy atom. The highest BCUT2D eigenvalue weighted by Crippen LogP contribution is 2.46. The average molecular weight is 291 g/mol. The van der Waals surface area contributed by atoms with Gasteiger partial charge in [-0.2, -0.15) is 0 Å². The molecule has 0 amide bonds. The molecule has 1 fully saturated rings. The molecule has 0 bridgehead atoms. The molecule has 1 aliphatic rings. The molecule has 1 saturated heterocycles. The molecular weight excluding hydrogens is 266 g/mol. The van der Waals surface area contributed by atoms with Gasteiger partial charge in [0.2, 0.25) is 0 Å². The van der Waals surface area contributed by atoms with E-state index in [1.165, 1.54) is 11.3 Å². The van der Waals surface area contributed by atoms with Gasteiger partial charge < -0.3 is 19.5 Å². The van der Waals surface area contributed by atoms with E-state index < -0.39 is 0 Å². The standard InChI is InChI=1S/C17H25NO3/c1-5-17(9-10-18(2)16(17)8-11-19)13-6-7-14(20-3)15(12-13)21-4/h6-8,12,19H,5,9-11H2,1-4H3/b16-8+/t17-/m0/s1. The van der Waals surface area contributed by atoms with Crippen molar-refractivity contribution in [2.24, 2.45) is 0 Å². The maximum absolute atomic E-state index is 9.35. The minimum Gasteiger partial charge on any atom is -0.493 e. The predicted octanol–water partition coefficient (Wildman–Crippen LogP) is 2.56. The van der Waals surface area contributed by atoms with E-state index in [0.29, 0.717) is 0 Å². The Bertz CT molecular complexity index is 527. The predicted molar refractivity (Wildman–Crippen MR) is 83.9 cm³/mol. The SMILES string of the molecule is CC[C@@]1(c2ccc(OC)c(OC)c2)CCN(C)/C1=C/CO. The van der Waals surface area contributed by atoms with Gasteiger partial charge in [-0.05, 0) is 36.6 Å². The Balaban J connectivity index is 2.53. The molecule has 4 nitrogen and oxygen atoms in total. The number of hydrogen-bond donors (Lipinski definition) is 1. The van der Waals surface area contributed by atoms with Crippen molar-refractivity contribution in [2.45, 2.75) is 25.2 Å². The van der Waals surface area contributed by atoms with Crippen LogP contribution in [-0.2, 0) is 5.41 Å². The summed E-state index contributed by atoms with van der Waals surface area (Å²) in [5.74, 6) is 1.49. The summed E-state index contributed by atoms with van der Waals surface area (Å²) in [7, 11) is 5.39. The molecule has 1 heterocycles. The van der Waals surface area contributed by atoms with Crippen LogP contribution in [-0.4, -0.2) is 44.4 Å². The van der Waals surface area contributed by atoms with Crippen LogP contribution in [0.1, 0.15) is 25.3 Å². The van der Waals surface area contributed by atoms with E-state index in [1.54, 1.807) is 14.2 Å². The van der Waals surface area contributed by atoms with Crippen molar-refractivity contribution in [3.63, 3.8) is 0 Å². The lowest BCUT2D eigenvalue weighted by Gasteiger charge is -2.32. The van der Waals surface area contributed by atoms with E-state index in [1.807, 2.05) is 12.1 Å². The van der Waals surface area contributed by atoms with Crippen molar-refractivity contribution >= 4 is 0 Å². The van der Waals surface area contributed by atoms with E-state index in [4.69, 9.17) is 9.47 Å². The highest BCUT2D eigenvalue weighted by Gasteiger charge is 2.41. The van der Waals surface area contributed by atoms with Gasteiger partial charge in [-0.15, -0.1) is 0 Å². The van der Waals surface area contributed by atoms with Crippen molar-refractivity contribution in [1.29, 1.82) is 0 Å². The zero-order valence-corrected chi connectivity index (χ0v) is 13.3. The number of benzene rings is 1. The Labute approximate surface area is 127 Å². The Morgan fingerprint density at radius 3 is 2.57 bits per heavy atom. The number of nitrogens with zero attached hydrogens (tertiary/aromatic N) is 1. The van der Waals surface area contributed by atoms with Crippen LogP contribution in [0.2, 0.25) is 0 Å². The minimum atomic E-state index is -0.0585. The summed E-state index contributed by atoms with van der Waals surface area (Å²) in [5.41, 5.74) is 2.35. The molecule has 0 radical (unpaired) electrons. The van der Waals surface area contributed by atoms with Crippen molar-refractivity contribution in [3.8, 4) is 11.5 Å². The third-order valence-corrected chi connectivity index (χ3v) is 4.60. The van der Waals surface area contributed by atoms with Crippen molar-refractivity contribution in [2.75, 3.05) is 34.4 Å². The topological polar surface area (TPSA) is 41.9 Å². The molecule has 116 valence electrons. The van der Waals surface area contributed by atoms with Gasteiger partial charge in [-0.25, -0.2) is 0 Å². The first-order valence-electron chi connectivity index (χ1n) is 7.38. The van der Waals surface area contributed by atoms with E-state index in [2.05, 4.69) is 31.0 Å². The first-order chi connectivity index (χ1) is 10.1. The number of methoxy groups -OCH3 is 2. The van der Waals surface area contributed by atoms with Crippen LogP contribution >= 0.6 is 0 Å². The molecule has 2 rings (SSSR count). The summed E-state index contributed by atoms with van der Waals surface area (Å²) >= 11 is 0. The molecule has 0 aliphatic carbocycles. The zero-order chi connectivity index (χ0) is 15.5. The quantitative estimate of drug-likeness (QED) is 0.905. The second-order valence-corrected chi connectivity index (χ2v) is 5.45. The fourth-order valence-corrected chi connectivity index (χ4v) is 3.40. The molecule has 1 aromatic carbocycles. The first-order valence-corrected chi connectivity index (χ1v) is 7.38. The Hall–Kier alpha value is -1.68. The number of rotatable bonds is 5. The largest absolute Gasteiger partial charge is 0.493 e. The number of aliphatic hydroxyl groups excluding tert-OH is 1. The van der Waals surface area contributed by atoms with Crippen molar-refractivity contribution < 1.29 is 14.6 Å². The Kier molecular flexibility index (Phi) is 4.78. The van der Waals surface area contributed by atoms with Gasteiger partial charge in [0.1, 0.15) is 0 Å². The molecule has 1 N–H and O–H groups in total. The monoisotopic (exact) mass is 291 g/mol. The normalized spacial score (nSPS) is 23.7. The zero-order valence-electron chi connectivity index (χ0n) is 13.3. The van der Waals surface area contributed by atoms with Gasteiger partial charge >= 0.3 is 0 Å². The van der Waals surface area contributed by atoms with Crippen LogP contribution < -0.4 is 9.47 Å². The van der Waals surface area contributed by atoms with Crippen molar-refractivity contribution in [3.05, 3.63) is 35.5 Å². The van der Waals surface area contributed by atoms with Crippen LogP contribution in [0.4, 0.5) is 0 Å². The number of hydrogen-bond acceptors (Lipinski definition) is 4. The average Bonchev–Trinajstić information content (AvgIpc) is 2.85. The highest BCUT2D eigenvalue weighted by atomic mass is 16.5. The molecule has 21 heavy (non-hydrogen) atoms. The number of likely N-dealkylation sites (tertiary alicyclic amines) is 1. The summed E-state index contributed by atoms with van der Waals surface area (Å²) in [6.45, 7) is 3.25. The van der Waals surface area contributed by atoms with Gasteiger partial charge in [0.25, 0.3) is 0 Å². The van der Waals surface area contributed by atoms with E-state index >= 15 is 0 Å². The van der Waals surface area contributed by atoms with Gasteiger partial charge in [-0.3, -0.25) is 0 Å². The van der Waals surface area contributed by atoms with Gasteiger partial charge in [-0.1, -0.05) is 13.0 Å². The van der Waals surface area contributed by atoms with Crippen LogP contribution in [0.3, 0.4) is 0 Å². The highest BCUT2D eigenvalue weighted by molar-refractivity contribution is 5.48. The first kappa shape index (κ1) is 15.7. The third kappa shape index (κ3) is 2.60. The van der Waals surface area contributed by atoms with Crippen LogP contribution in [0.15, 0.2) is 30.0 Å². The Morgan fingerprint density at radius 1 is 1.29 bits per heavy atom. The number of ether oxygens (including phenoxy) is 2. The molecule has 1 aliphatic heterocycles. The summed E-state index contributed by atoms with van der Waals surface area (Å²) in [5, 5.41) is 9.35. The molecular formula is C17H25NO3. The van der Waals surface area contributed by atoms with Gasteiger partial charge in [0, 0.05) is 24.7 Å². The second kappa shape index (κ2) is 6.39. The molecule has 0 aromatic heterocycles.